The molecule has 2 fully saturated rings. The van der Waals surface area contributed by atoms with Crippen LogP contribution >= 0.6 is 19.2 Å². The topological polar surface area (TPSA) is 192 Å². The van der Waals surface area contributed by atoms with Crippen molar-refractivity contribution in [3.05, 3.63) is 11.2 Å². The highest BCUT2D eigenvalue weighted by atomic mass is 35.5. The van der Waals surface area contributed by atoms with Gasteiger partial charge in [0.1, 0.15) is 23.5 Å². The Balaban J connectivity index is 1.55. The monoisotopic (exact) mass is 521 g/mol. The highest BCUT2D eigenvalue weighted by Gasteiger charge is 2.48. The van der Waals surface area contributed by atoms with E-state index in [1.54, 1.807) is 6.07 Å². The zero-order valence-electron chi connectivity index (χ0n) is 18.5. The number of aliphatic hydroxyl groups excluding tert-OH is 3. The number of hydrogen-bond donors (Lipinski definition) is 6. The number of ether oxygens (including phenoxy) is 2. The Kier molecular flexibility index (Phi) is 7.49. The fraction of sp³-hybridized carbons (Fsp3) is 0.737. The highest BCUT2D eigenvalue weighted by Crippen LogP contribution is 2.53. The number of nitrogens with one attached hydrogen (secondary N) is 1. The lowest BCUT2D eigenvalue weighted by Crippen LogP contribution is -2.38. The molecule has 0 amide bonds. The Bertz CT molecular complexity index is 1060. The number of anilines is 1. The van der Waals surface area contributed by atoms with Gasteiger partial charge in [0.05, 0.1) is 12.3 Å². The van der Waals surface area contributed by atoms with E-state index in [-0.39, 0.29) is 23.3 Å². The first-order valence-electron chi connectivity index (χ1n) is 11.0. The van der Waals surface area contributed by atoms with E-state index in [1.807, 2.05) is 0 Å². The second-order valence-electron chi connectivity index (χ2n) is 8.87. The van der Waals surface area contributed by atoms with Crippen LogP contribution in [0.2, 0.25) is 5.15 Å². The van der Waals surface area contributed by atoms with Crippen molar-refractivity contribution >= 4 is 36.0 Å². The minimum atomic E-state index is -4.76. The van der Waals surface area contributed by atoms with E-state index in [4.69, 9.17) is 26.2 Å². The van der Waals surface area contributed by atoms with E-state index in [0.29, 0.717) is 11.2 Å². The van der Waals surface area contributed by atoms with E-state index >= 15 is 0 Å². The first kappa shape index (κ1) is 25.7. The van der Waals surface area contributed by atoms with Gasteiger partial charge in [0.2, 0.25) is 0 Å². The van der Waals surface area contributed by atoms with Crippen molar-refractivity contribution in [1.29, 1.82) is 0 Å². The van der Waals surface area contributed by atoms with Gasteiger partial charge in [-0.05, 0) is 19.8 Å². The molecule has 13 nitrogen and oxygen atoms in total. The highest BCUT2D eigenvalue weighted by molar-refractivity contribution is 7.53. The van der Waals surface area contributed by atoms with Crippen LogP contribution in [0.5, 0.6) is 0 Å². The lowest BCUT2D eigenvalue weighted by molar-refractivity contribution is -0.0983. The summed E-state index contributed by atoms with van der Waals surface area (Å²) in [5.74, 6) is 0. The first-order chi connectivity index (χ1) is 16.0. The molecule has 1 aliphatic carbocycles. The van der Waals surface area contributed by atoms with Gasteiger partial charge in [-0.15, -0.1) is 5.10 Å². The van der Waals surface area contributed by atoms with Crippen molar-refractivity contribution in [2.75, 3.05) is 18.5 Å². The lowest BCUT2D eigenvalue weighted by Gasteiger charge is -2.31. The number of halogens is 1. The average Bonchev–Trinajstić information content (AvgIpc) is 3.48. The van der Waals surface area contributed by atoms with Gasteiger partial charge in [0.25, 0.3) is 0 Å². The molecule has 0 bridgehead atoms. The summed E-state index contributed by atoms with van der Waals surface area (Å²) >= 11 is 6.22. The third-order valence-electron chi connectivity index (χ3n) is 6.44. The maximum atomic E-state index is 11.8. The Hall–Kier alpha value is -1.41. The third kappa shape index (κ3) is 4.95. The van der Waals surface area contributed by atoms with Crippen LogP contribution in [0.4, 0.5) is 5.69 Å². The number of rotatable bonds is 9. The Morgan fingerprint density at radius 1 is 1.32 bits per heavy atom. The van der Waals surface area contributed by atoms with Gasteiger partial charge in [0.15, 0.2) is 22.7 Å². The summed E-state index contributed by atoms with van der Waals surface area (Å²) in [7, 11) is -4.76. The molecular formula is C19H29ClN5O8P. The fourth-order valence-corrected chi connectivity index (χ4v) is 5.12. The summed E-state index contributed by atoms with van der Waals surface area (Å²) < 4.78 is 24.2. The van der Waals surface area contributed by atoms with Crippen LogP contribution in [0.15, 0.2) is 6.07 Å². The molecule has 2 aliphatic rings. The largest absolute Gasteiger partial charge is 0.396 e. The molecule has 4 rings (SSSR count). The van der Waals surface area contributed by atoms with Crippen LogP contribution in [0.1, 0.15) is 45.3 Å². The van der Waals surface area contributed by atoms with Crippen LogP contribution in [0, 0.1) is 0 Å². The molecule has 1 saturated carbocycles. The van der Waals surface area contributed by atoms with Gasteiger partial charge in [-0.3, -0.25) is 4.57 Å². The van der Waals surface area contributed by atoms with E-state index < -0.39 is 50.7 Å². The molecule has 0 aromatic carbocycles. The normalized spacial score (nSPS) is 28.0. The van der Waals surface area contributed by atoms with Crippen molar-refractivity contribution in [3.8, 4) is 0 Å². The van der Waals surface area contributed by atoms with Gasteiger partial charge >= 0.3 is 7.60 Å². The van der Waals surface area contributed by atoms with Gasteiger partial charge < -0.3 is 39.9 Å². The van der Waals surface area contributed by atoms with Crippen molar-refractivity contribution in [3.63, 3.8) is 0 Å². The second-order valence-corrected chi connectivity index (χ2v) is 11.3. The molecule has 1 aliphatic heterocycles. The van der Waals surface area contributed by atoms with E-state index in [9.17, 15) is 24.6 Å². The van der Waals surface area contributed by atoms with Crippen LogP contribution in [-0.4, -0.2) is 88.0 Å². The van der Waals surface area contributed by atoms with Crippen LogP contribution < -0.4 is 5.32 Å². The zero-order chi connectivity index (χ0) is 24.7. The Labute approximate surface area is 200 Å². The summed E-state index contributed by atoms with van der Waals surface area (Å²) in [5, 5.41) is 40.2. The molecule has 0 radical (unpaired) electrons. The predicted octanol–water partition coefficient (Wildman–Crippen LogP) is 0.746. The maximum Gasteiger partial charge on any atom is 0.356 e. The molecular weight excluding hydrogens is 493 g/mol. The SMILES string of the molecule is CC(CCO)(OC[C@H]1O[C@@H](n2nnc3c(NC4CCCC4)cc(Cl)nc32)[C@H](O)[C@@H]1O)P(=O)(O)O. The molecule has 6 N–H and O–H groups in total. The van der Waals surface area contributed by atoms with Crippen LogP contribution in [0.3, 0.4) is 0 Å². The molecule has 15 heteroatoms. The van der Waals surface area contributed by atoms with E-state index in [0.717, 1.165) is 32.6 Å². The average molecular weight is 522 g/mol. The Morgan fingerprint density at radius 3 is 2.68 bits per heavy atom. The molecule has 34 heavy (non-hydrogen) atoms. The van der Waals surface area contributed by atoms with Gasteiger partial charge in [-0.2, -0.15) is 4.68 Å². The number of hydrogen-bond acceptors (Lipinski definition) is 10. The number of aromatic nitrogens is 4. The van der Waals surface area contributed by atoms with Gasteiger partial charge in [0, 0.05) is 25.1 Å². The summed E-state index contributed by atoms with van der Waals surface area (Å²) in [6.45, 7) is 0.191. The molecule has 1 saturated heterocycles. The Morgan fingerprint density at radius 2 is 2.03 bits per heavy atom. The summed E-state index contributed by atoms with van der Waals surface area (Å²) in [4.78, 5) is 23.5. The molecule has 5 atom stereocenters. The van der Waals surface area contributed by atoms with E-state index in [2.05, 4.69) is 20.6 Å². The van der Waals surface area contributed by atoms with Crippen LogP contribution in [0.25, 0.3) is 11.2 Å². The van der Waals surface area contributed by atoms with E-state index in [1.165, 1.54) is 4.68 Å². The number of fused-ring (bicyclic) bond motifs is 1. The minimum absolute atomic E-state index is 0.186. The minimum Gasteiger partial charge on any atom is -0.396 e. The number of pyridine rings is 1. The molecule has 2 aromatic rings. The predicted molar refractivity (Wildman–Crippen MR) is 120 cm³/mol. The third-order valence-corrected chi connectivity index (χ3v) is 8.22. The van der Waals surface area contributed by atoms with Crippen molar-refractivity contribution < 1.29 is 39.1 Å². The molecule has 190 valence electrons. The molecule has 2 aromatic heterocycles. The number of nitrogens with zero attached hydrogens (tertiary/aromatic N) is 4. The summed E-state index contributed by atoms with van der Waals surface area (Å²) in [5.41, 5.74) is 1.33. The van der Waals surface area contributed by atoms with Crippen LogP contribution in [-0.2, 0) is 14.0 Å². The zero-order valence-corrected chi connectivity index (χ0v) is 20.1. The van der Waals surface area contributed by atoms with Gasteiger partial charge in [-0.25, -0.2) is 4.98 Å². The quantitative estimate of drug-likeness (QED) is 0.200. The summed E-state index contributed by atoms with van der Waals surface area (Å²) in [6, 6.07) is 1.94. The second kappa shape index (κ2) is 9.92. The standard InChI is InChI=1S/C19H29ClN5O8P/c1-19(6-7-26,34(29,30)31)32-9-12-15(27)16(28)18(33-12)25-17-14(23-24-25)11(8-13(20)22-17)21-10-4-2-3-5-10/h8,10,12,15-16,18,26-28H,2-7,9H2,1H3,(H,21,22)(H2,29,30,31)/t12-,15-,16-,18-,19?/m1/s1. The fourth-order valence-electron chi connectivity index (χ4n) is 4.30. The molecule has 1 unspecified atom stereocenters. The molecule has 3 heterocycles. The van der Waals surface area contributed by atoms with Crippen molar-refractivity contribution in [1.82, 2.24) is 20.0 Å². The molecule has 0 spiro atoms. The first-order valence-corrected chi connectivity index (χ1v) is 13.0. The van der Waals surface area contributed by atoms with Crippen molar-refractivity contribution in [2.45, 2.75) is 75.0 Å². The number of aliphatic hydroxyl groups is 3. The lowest BCUT2D eigenvalue weighted by atomic mass is 10.1. The van der Waals surface area contributed by atoms with Gasteiger partial charge in [-0.1, -0.05) is 29.7 Å². The maximum absolute atomic E-state index is 11.8. The van der Waals surface area contributed by atoms with Crippen molar-refractivity contribution in [2.24, 2.45) is 0 Å². The smallest absolute Gasteiger partial charge is 0.356 e. The summed E-state index contributed by atoms with van der Waals surface area (Å²) in [6.07, 6.45) is -1.25.